The minimum Gasteiger partial charge on any atom is -0.492 e. The predicted octanol–water partition coefficient (Wildman–Crippen LogP) is 2.27. The third-order valence-corrected chi connectivity index (χ3v) is 3.78. The van der Waals surface area contributed by atoms with E-state index >= 15 is 0 Å². The second-order valence-electron chi connectivity index (χ2n) is 5.22. The van der Waals surface area contributed by atoms with Gasteiger partial charge in [0.25, 0.3) is 0 Å². The molecule has 112 valence electrons. The van der Waals surface area contributed by atoms with Crippen molar-refractivity contribution in [3.8, 4) is 11.8 Å². The van der Waals surface area contributed by atoms with Crippen molar-refractivity contribution in [3.05, 3.63) is 29.8 Å². The van der Waals surface area contributed by atoms with E-state index in [0.29, 0.717) is 30.9 Å². The second-order valence-corrected chi connectivity index (χ2v) is 5.22. The zero-order chi connectivity index (χ0) is 15.1. The van der Waals surface area contributed by atoms with Crippen molar-refractivity contribution in [2.45, 2.75) is 31.7 Å². The predicted molar refractivity (Wildman–Crippen MR) is 78.1 cm³/mol. The molecule has 1 aliphatic rings. The fourth-order valence-corrected chi connectivity index (χ4v) is 2.62. The zero-order valence-corrected chi connectivity index (χ0v) is 12.0. The first-order valence-electron chi connectivity index (χ1n) is 7.30. The molecule has 1 heterocycles. The number of nitriles is 1. The van der Waals surface area contributed by atoms with Gasteiger partial charge in [0.2, 0.25) is 0 Å². The lowest BCUT2D eigenvalue weighted by molar-refractivity contribution is -0.143. The normalized spacial score (nSPS) is 19.5. The van der Waals surface area contributed by atoms with Crippen molar-refractivity contribution >= 4 is 5.97 Å². The smallest absolute Gasteiger partial charge is 0.320 e. The van der Waals surface area contributed by atoms with Crippen LogP contribution in [0.3, 0.4) is 0 Å². The first-order chi connectivity index (χ1) is 10.2. The maximum Gasteiger partial charge on any atom is 0.320 e. The lowest BCUT2D eigenvalue weighted by atomic mass is 10.1. The number of carbonyl (C=O) groups is 1. The minimum absolute atomic E-state index is 0.392. The second kappa shape index (κ2) is 7.65. The summed E-state index contributed by atoms with van der Waals surface area (Å²) in [7, 11) is 0. The SMILES string of the molecule is N#Cc1ccc(OCCN2CCCCCC2C(=O)O)cc1. The summed E-state index contributed by atoms with van der Waals surface area (Å²) in [5.74, 6) is -0.0361. The van der Waals surface area contributed by atoms with Crippen LogP contribution in [0.2, 0.25) is 0 Å². The number of likely N-dealkylation sites (tertiary alicyclic amines) is 1. The van der Waals surface area contributed by atoms with Crippen LogP contribution in [0.15, 0.2) is 24.3 Å². The van der Waals surface area contributed by atoms with Crippen molar-refractivity contribution in [3.63, 3.8) is 0 Å². The number of carboxylic acid groups (broad SMARTS) is 1. The van der Waals surface area contributed by atoms with Gasteiger partial charge in [-0.1, -0.05) is 12.8 Å². The average Bonchev–Trinajstić information content (AvgIpc) is 2.73. The summed E-state index contributed by atoms with van der Waals surface area (Å²) in [6.07, 6.45) is 3.83. The molecule has 1 aromatic rings. The molecular formula is C16H20N2O3. The molecule has 0 radical (unpaired) electrons. The fourth-order valence-electron chi connectivity index (χ4n) is 2.62. The van der Waals surface area contributed by atoms with Gasteiger partial charge in [-0.2, -0.15) is 5.26 Å². The van der Waals surface area contributed by atoms with Crippen molar-refractivity contribution in [1.29, 1.82) is 5.26 Å². The quantitative estimate of drug-likeness (QED) is 0.899. The number of benzene rings is 1. The largest absolute Gasteiger partial charge is 0.492 e. The molecular weight excluding hydrogens is 268 g/mol. The van der Waals surface area contributed by atoms with Gasteiger partial charge < -0.3 is 9.84 Å². The van der Waals surface area contributed by atoms with Gasteiger partial charge in [0.1, 0.15) is 18.4 Å². The highest BCUT2D eigenvalue weighted by atomic mass is 16.5. The molecule has 1 saturated heterocycles. The zero-order valence-electron chi connectivity index (χ0n) is 12.0. The van der Waals surface area contributed by atoms with Gasteiger partial charge in [0.05, 0.1) is 11.6 Å². The fraction of sp³-hybridized carbons (Fsp3) is 0.500. The number of nitrogens with zero attached hydrogens (tertiary/aromatic N) is 2. The Bertz CT molecular complexity index is 507. The molecule has 1 N–H and O–H groups in total. The molecule has 21 heavy (non-hydrogen) atoms. The van der Waals surface area contributed by atoms with Crippen LogP contribution in [0.25, 0.3) is 0 Å². The van der Waals surface area contributed by atoms with Crippen molar-refractivity contribution in [2.24, 2.45) is 0 Å². The van der Waals surface area contributed by atoms with Crippen molar-refractivity contribution in [1.82, 2.24) is 4.90 Å². The van der Waals surface area contributed by atoms with Crippen LogP contribution in [-0.4, -0.2) is 41.7 Å². The van der Waals surface area contributed by atoms with Crippen molar-refractivity contribution in [2.75, 3.05) is 19.7 Å². The van der Waals surface area contributed by atoms with Crippen LogP contribution in [-0.2, 0) is 4.79 Å². The van der Waals surface area contributed by atoms with Gasteiger partial charge in [0, 0.05) is 6.54 Å². The van der Waals surface area contributed by atoms with E-state index in [2.05, 4.69) is 6.07 Å². The lowest BCUT2D eigenvalue weighted by Gasteiger charge is -2.26. The molecule has 5 nitrogen and oxygen atoms in total. The molecule has 2 rings (SSSR count). The van der Waals surface area contributed by atoms with E-state index in [9.17, 15) is 9.90 Å². The standard InChI is InChI=1S/C16H20N2O3/c17-12-13-5-7-14(8-6-13)21-11-10-18-9-3-1-2-4-15(18)16(19)20/h5-8,15H,1-4,9-11H2,(H,19,20). The Morgan fingerprint density at radius 1 is 1.33 bits per heavy atom. The Morgan fingerprint density at radius 2 is 2.10 bits per heavy atom. The number of ether oxygens (including phenoxy) is 1. The third kappa shape index (κ3) is 4.47. The molecule has 1 fully saturated rings. The summed E-state index contributed by atoms with van der Waals surface area (Å²) < 4.78 is 5.63. The first kappa shape index (κ1) is 15.3. The van der Waals surface area contributed by atoms with Gasteiger partial charge in [0.15, 0.2) is 0 Å². The maximum atomic E-state index is 11.3. The summed E-state index contributed by atoms with van der Waals surface area (Å²) in [6, 6.07) is 8.60. The van der Waals surface area contributed by atoms with E-state index < -0.39 is 12.0 Å². The Morgan fingerprint density at radius 3 is 2.76 bits per heavy atom. The summed E-state index contributed by atoms with van der Waals surface area (Å²) in [5.41, 5.74) is 0.598. The molecule has 1 unspecified atom stereocenters. The Balaban J connectivity index is 1.85. The van der Waals surface area contributed by atoms with Gasteiger partial charge in [-0.3, -0.25) is 9.69 Å². The van der Waals surface area contributed by atoms with E-state index in [1.165, 1.54) is 0 Å². The van der Waals surface area contributed by atoms with Gasteiger partial charge >= 0.3 is 5.97 Å². The van der Waals surface area contributed by atoms with E-state index in [1.807, 2.05) is 4.90 Å². The molecule has 0 saturated carbocycles. The average molecular weight is 288 g/mol. The highest BCUT2D eigenvalue weighted by Gasteiger charge is 2.26. The number of hydrogen-bond acceptors (Lipinski definition) is 4. The number of carboxylic acids is 1. The molecule has 0 aromatic heterocycles. The van der Waals surface area contributed by atoms with Gasteiger partial charge in [-0.05, 0) is 43.7 Å². The maximum absolute atomic E-state index is 11.3. The van der Waals surface area contributed by atoms with Crippen LogP contribution >= 0.6 is 0 Å². The molecule has 0 spiro atoms. The lowest BCUT2D eigenvalue weighted by Crippen LogP contribution is -2.42. The molecule has 1 atom stereocenters. The Hall–Kier alpha value is -2.06. The Labute approximate surface area is 124 Å². The summed E-state index contributed by atoms with van der Waals surface area (Å²) >= 11 is 0. The van der Waals surface area contributed by atoms with Crippen LogP contribution in [0, 0.1) is 11.3 Å². The summed E-state index contributed by atoms with van der Waals surface area (Å²) in [6.45, 7) is 1.88. The molecule has 0 bridgehead atoms. The van der Waals surface area contributed by atoms with E-state index in [-0.39, 0.29) is 0 Å². The highest BCUT2D eigenvalue weighted by molar-refractivity contribution is 5.73. The third-order valence-electron chi connectivity index (χ3n) is 3.78. The molecule has 0 aliphatic carbocycles. The minimum atomic E-state index is -0.740. The molecule has 1 aliphatic heterocycles. The van der Waals surface area contributed by atoms with Gasteiger partial charge in [-0.25, -0.2) is 0 Å². The number of aliphatic carboxylic acids is 1. The van der Waals surface area contributed by atoms with Gasteiger partial charge in [-0.15, -0.1) is 0 Å². The van der Waals surface area contributed by atoms with E-state index in [4.69, 9.17) is 10.00 Å². The van der Waals surface area contributed by atoms with Crippen LogP contribution < -0.4 is 4.74 Å². The van der Waals surface area contributed by atoms with Crippen molar-refractivity contribution < 1.29 is 14.6 Å². The molecule has 5 heteroatoms. The number of rotatable bonds is 5. The Kier molecular flexibility index (Phi) is 5.59. The number of hydrogen-bond donors (Lipinski definition) is 1. The molecule has 0 amide bonds. The van der Waals surface area contributed by atoms with Crippen LogP contribution in [0.1, 0.15) is 31.2 Å². The highest BCUT2D eigenvalue weighted by Crippen LogP contribution is 2.17. The summed E-state index contributed by atoms with van der Waals surface area (Å²) in [5, 5.41) is 18.0. The van der Waals surface area contributed by atoms with Crippen LogP contribution in [0.4, 0.5) is 0 Å². The van der Waals surface area contributed by atoms with E-state index in [1.54, 1.807) is 24.3 Å². The monoisotopic (exact) mass is 288 g/mol. The molecule has 1 aromatic carbocycles. The topological polar surface area (TPSA) is 73.6 Å². The van der Waals surface area contributed by atoms with Crippen LogP contribution in [0.5, 0.6) is 5.75 Å². The summed E-state index contributed by atoms with van der Waals surface area (Å²) in [4.78, 5) is 13.3. The van der Waals surface area contributed by atoms with E-state index in [0.717, 1.165) is 25.8 Å². The first-order valence-corrected chi connectivity index (χ1v) is 7.30.